The molecule has 0 unspecified atom stereocenters. The first-order valence-corrected chi connectivity index (χ1v) is 8.20. The van der Waals surface area contributed by atoms with E-state index in [-0.39, 0.29) is 34.0 Å². The predicted molar refractivity (Wildman–Crippen MR) is 84.3 cm³/mol. The van der Waals surface area contributed by atoms with E-state index < -0.39 is 0 Å². The average Bonchev–Trinajstić information content (AvgIpc) is 2.42. The van der Waals surface area contributed by atoms with Crippen LogP contribution in [0.15, 0.2) is 0 Å². The van der Waals surface area contributed by atoms with Gasteiger partial charge in [-0.2, -0.15) is 0 Å². The van der Waals surface area contributed by atoms with Crippen molar-refractivity contribution >= 4 is 0 Å². The Morgan fingerprint density at radius 2 is 1.24 bits per heavy atom. The summed E-state index contributed by atoms with van der Waals surface area (Å²) in [6, 6.07) is 0. The lowest BCUT2D eigenvalue weighted by molar-refractivity contribution is -0.925. The molecule has 5 heteroatoms. The van der Waals surface area contributed by atoms with Gasteiger partial charge in [0.15, 0.2) is 0 Å². The quantitative estimate of drug-likeness (QED) is 0.232. The third kappa shape index (κ3) is 12.0. The number of hydrogen-bond acceptors (Lipinski definition) is 1. The van der Waals surface area contributed by atoms with Crippen molar-refractivity contribution in [3.8, 4) is 0 Å². The monoisotopic (exact) mass is 432 g/mol. The van der Waals surface area contributed by atoms with Gasteiger partial charge >= 0.3 is 0 Å². The second-order valence-corrected chi connectivity index (χ2v) is 6.36. The predicted octanol–water partition coefficient (Wildman–Crippen LogP) is -3.24. The Morgan fingerprint density at radius 3 is 1.67 bits per heavy atom. The Hall–Kier alpha value is 0.840. The van der Waals surface area contributed by atoms with Crippen LogP contribution in [0.1, 0.15) is 40.5 Å². The second kappa shape index (κ2) is 14.4. The second-order valence-electron chi connectivity index (χ2n) is 6.36. The summed E-state index contributed by atoms with van der Waals surface area (Å²) < 4.78 is 8.15. The van der Waals surface area contributed by atoms with Gasteiger partial charge in [-0.3, -0.25) is 0 Å². The standard InChI is InChI=1S/C16H38N2O.2BrH/c1-7-11-12-18(9-3,10-4)14-16-19-15-13-17(5,6)8-2;;/h7-16H2,1-6H3;2*1H/q+2;;/p-2. The molecule has 0 N–H and O–H groups in total. The van der Waals surface area contributed by atoms with Gasteiger partial charge in [-0.05, 0) is 27.2 Å². The minimum atomic E-state index is 0. The molecule has 0 saturated carbocycles. The molecule has 0 fully saturated rings. The zero-order chi connectivity index (χ0) is 14.8. The average molecular weight is 434 g/mol. The van der Waals surface area contributed by atoms with E-state index in [2.05, 4.69) is 41.8 Å². The molecule has 132 valence electrons. The highest BCUT2D eigenvalue weighted by Gasteiger charge is 2.22. The number of likely N-dealkylation sites (N-methyl/N-ethyl adjacent to an activating group) is 2. The fourth-order valence-corrected chi connectivity index (χ4v) is 2.29. The molecule has 0 spiro atoms. The summed E-state index contributed by atoms with van der Waals surface area (Å²) in [7, 11) is 4.53. The van der Waals surface area contributed by atoms with Crippen LogP contribution in [0.4, 0.5) is 0 Å². The van der Waals surface area contributed by atoms with E-state index in [4.69, 9.17) is 4.74 Å². The van der Waals surface area contributed by atoms with Crippen molar-refractivity contribution in [2.45, 2.75) is 40.5 Å². The van der Waals surface area contributed by atoms with E-state index in [1.165, 1.54) is 50.0 Å². The molecule has 0 atom stereocenters. The lowest BCUT2D eigenvalue weighted by Crippen LogP contribution is -3.00. The van der Waals surface area contributed by atoms with Crippen LogP contribution in [-0.4, -0.2) is 75.5 Å². The lowest BCUT2D eigenvalue weighted by Gasteiger charge is -2.37. The molecule has 0 aromatic carbocycles. The molecule has 0 aliphatic heterocycles. The number of ether oxygens (including phenoxy) is 1. The fraction of sp³-hybridized carbons (Fsp3) is 1.00. The van der Waals surface area contributed by atoms with Gasteiger partial charge in [0.05, 0.1) is 53.5 Å². The van der Waals surface area contributed by atoms with Crippen LogP contribution in [0.5, 0.6) is 0 Å². The van der Waals surface area contributed by atoms with E-state index in [0.717, 1.165) is 24.2 Å². The number of rotatable bonds is 12. The van der Waals surface area contributed by atoms with Crippen molar-refractivity contribution in [1.29, 1.82) is 0 Å². The number of hydrogen-bond donors (Lipinski definition) is 0. The summed E-state index contributed by atoms with van der Waals surface area (Å²) in [5.41, 5.74) is 0. The molecule has 3 nitrogen and oxygen atoms in total. The van der Waals surface area contributed by atoms with Crippen LogP contribution in [-0.2, 0) is 4.74 Å². The smallest absolute Gasteiger partial charge is 0.102 e. The molecular weight excluding hydrogens is 396 g/mol. The lowest BCUT2D eigenvalue weighted by atomic mass is 10.2. The highest BCUT2D eigenvalue weighted by Crippen LogP contribution is 2.09. The van der Waals surface area contributed by atoms with Crippen LogP contribution in [0.2, 0.25) is 0 Å². The molecule has 0 aromatic heterocycles. The van der Waals surface area contributed by atoms with Crippen LogP contribution in [0, 0.1) is 0 Å². The van der Waals surface area contributed by atoms with Gasteiger partial charge in [0, 0.05) is 0 Å². The highest BCUT2D eigenvalue weighted by atomic mass is 79.9. The maximum absolute atomic E-state index is 5.88. The van der Waals surface area contributed by atoms with Crippen molar-refractivity contribution in [2.24, 2.45) is 0 Å². The van der Waals surface area contributed by atoms with Crippen LogP contribution < -0.4 is 34.0 Å². The van der Waals surface area contributed by atoms with Crippen molar-refractivity contribution < 1.29 is 47.7 Å². The summed E-state index contributed by atoms with van der Waals surface area (Å²) in [5, 5.41) is 0. The van der Waals surface area contributed by atoms with Gasteiger partial charge in [0.25, 0.3) is 0 Å². The third-order valence-corrected chi connectivity index (χ3v) is 4.73. The molecule has 0 radical (unpaired) electrons. The van der Waals surface area contributed by atoms with Crippen molar-refractivity contribution in [3.05, 3.63) is 0 Å². The summed E-state index contributed by atoms with van der Waals surface area (Å²) in [6.45, 7) is 18.2. The van der Waals surface area contributed by atoms with Gasteiger partial charge in [-0.1, -0.05) is 13.3 Å². The Kier molecular flexibility index (Phi) is 18.4. The number of quaternary nitrogens is 2. The fourth-order valence-electron chi connectivity index (χ4n) is 2.29. The molecule has 0 bridgehead atoms. The van der Waals surface area contributed by atoms with Crippen molar-refractivity contribution in [3.63, 3.8) is 0 Å². The van der Waals surface area contributed by atoms with Crippen molar-refractivity contribution in [2.75, 3.05) is 66.6 Å². The molecule has 0 heterocycles. The maximum atomic E-state index is 5.88. The highest BCUT2D eigenvalue weighted by molar-refractivity contribution is 4.43. The molecule has 0 aliphatic carbocycles. The number of nitrogens with zero attached hydrogens (tertiary/aromatic N) is 2. The third-order valence-electron chi connectivity index (χ3n) is 4.73. The Labute approximate surface area is 154 Å². The normalized spacial score (nSPS) is 11.7. The first-order chi connectivity index (χ1) is 8.95. The van der Waals surface area contributed by atoms with Gasteiger partial charge < -0.3 is 47.7 Å². The van der Waals surface area contributed by atoms with Gasteiger partial charge in [-0.25, -0.2) is 0 Å². The molecule has 21 heavy (non-hydrogen) atoms. The van der Waals surface area contributed by atoms with Crippen LogP contribution >= 0.6 is 0 Å². The van der Waals surface area contributed by atoms with Gasteiger partial charge in [0.2, 0.25) is 0 Å². The molecule has 0 aliphatic rings. The van der Waals surface area contributed by atoms with Gasteiger partial charge in [-0.15, -0.1) is 0 Å². The Balaban J connectivity index is -0.00000162. The van der Waals surface area contributed by atoms with Crippen molar-refractivity contribution in [1.82, 2.24) is 0 Å². The molecule has 0 amide bonds. The topological polar surface area (TPSA) is 9.23 Å². The zero-order valence-electron chi connectivity index (χ0n) is 15.1. The molecule has 0 rings (SSSR count). The maximum Gasteiger partial charge on any atom is 0.102 e. The molecule has 0 aromatic rings. The summed E-state index contributed by atoms with van der Waals surface area (Å²) >= 11 is 0. The van der Waals surface area contributed by atoms with Crippen LogP contribution in [0.3, 0.4) is 0 Å². The minimum Gasteiger partial charge on any atom is -1.00 e. The van der Waals surface area contributed by atoms with E-state index in [0.29, 0.717) is 0 Å². The summed E-state index contributed by atoms with van der Waals surface area (Å²) in [5.74, 6) is 0. The SMILES string of the molecule is CCCC[N+](CC)(CC)CCOCC[N+](C)(C)CC.[Br-].[Br-]. The first-order valence-electron chi connectivity index (χ1n) is 8.20. The van der Waals surface area contributed by atoms with E-state index >= 15 is 0 Å². The van der Waals surface area contributed by atoms with E-state index in [1.807, 2.05) is 0 Å². The van der Waals surface area contributed by atoms with Gasteiger partial charge in [0.1, 0.15) is 13.1 Å². The Morgan fingerprint density at radius 1 is 0.714 bits per heavy atom. The number of unbranched alkanes of at least 4 members (excludes halogenated alkanes) is 1. The zero-order valence-corrected chi connectivity index (χ0v) is 18.3. The largest absolute Gasteiger partial charge is 1.00 e. The van der Waals surface area contributed by atoms with Crippen LogP contribution in [0.25, 0.3) is 0 Å². The minimum absolute atomic E-state index is 0. The van der Waals surface area contributed by atoms with E-state index in [9.17, 15) is 0 Å². The first kappa shape index (κ1) is 26.7. The number of halogens is 2. The molecule has 0 saturated heterocycles. The van der Waals surface area contributed by atoms with E-state index in [1.54, 1.807) is 0 Å². The molecular formula is C16H38Br2N2O. The Bertz CT molecular complexity index is 222. The summed E-state index contributed by atoms with van der Waals surface area (Å²) in [4.78, 5) is 0. The summed E-state index contributed by atoms with van der Waals surface area (Å²) in [6.07, 6.45) is 2.63.